The lowest BCUT2D eigenvalue weighted by Gasteiger charge is -2.02. The minimum absolute atomic E-state index is 0.733. The summed E-state index contributed by atoms with van der Waals surface area (Å²) in [7, 11) is -1.34. The van der Waals surface area contributed by atoms with Gasteiger partial charge in [0.2, 0.25) is 0 Å². The van der Waals surface area contributed by atoms with Crippen molar-refractivity contribution < 1.29 is 4.21 Å². The molecular formula is C16H17NOS. The van der Waals surface area contributed by atoms with Gasteiger partial charge in [-0.3, -0.25) is 0 Å². The number of rotatable bonds is 3. The standard InChI is InChI=1S/C16H17NOS/c1-12-4-8-15(9-5-12)14(3)17-19(18)16-10-6-13(2)7-11-16/h4-11H,1-3H3/b17-14+/t19-/m0/s1. The molecule has 98 valence electrons. The third kappa shape index (κ3) is 3.61. The average molecular weight is 271 g/mol. The van der Waals surface area contributed by atoms with E-state index in [9.17, 15) is 4.21 Å². The van der Waals surface area contributed by atoms with Crippen LogP contribution < -0.4 is 0 Å². The van der Waals surface area contributed by atoms with Crippen molar-refractivity contribution in [1.29, 1.82) is 0 Å². The van der Waals surface area contributed by atoms with Gasteiger partial charge in [-0.1, -0.05) is 47.5 Å². The lowest BCUT2D eigenvalue weighted by Crippen LogP contribution is -1.98. The molecule has 0 fully saturated rings. The van der Waals surface area contributed by atoms with Crippen molar-refractivity contribution in [2.75, 3.05) is 0 Å². The Morgan fingerprint density at radius 1 is 0.895 bits per heavy atom. The van der Waals surface area contributed by atoms with Gasteiger partial charge in [0.25, 0.3) is 0 Å². The van der Waals surface area contributed by atoms with E-state index in [1.807, 2.05) is 69.3 Å². The van der Waals surface area contributed by atoms with Crippen molar-refractivity contribution in [2.24, 2.45) is 4.40 Å². The first kappa shape index (κ1) is 13.7. The van der Waals surface area contributed by atoms with Gasteiger partial charge in [-0.05, 0) is 38.5 Å². The second kappa shape index (κ2) is 5.93. The quantitative estimate of drug-likeness (QED) is 0.780. The molecule has 0 unspecified atom stereocenters. The fourth-order valence-electron chi connectivity index (χ4n) is 1.68. The van der Waals surface area contributed by atoms with Crippen molar-refractivity contribution in [3.63, 3.8) is 0 Å². The van der Waals surface area contributed by atoms with E-state index in [2.05, 4.69) is 4.40 Å². The summed E-state index contributed by atoms with van der Waals surface area (Å²) in [6.45, 7) is 5.94. The summed E-state index contributed by atoms with van der Waals surface area (Å²) < 4.78 is 16.4. The maximum Gasteiger partial charge on any atom is 0.172 e. The normalized spacial score (nSPS) is 13.3. The van der Waals surface area contributed by atoms with Crippen LogP contribution in [0.5, 0.6) is 0 Å². The molecular weight excluding hydrogens is 254 g/mol. The van der Waals surface area contributed by atoms with Crippen LogP contribution in [-0.2, 0) is 11.0 Å². The van der Waals surface area contributed by atoms with Crippen LogP contribution in [0.15, 0.2) is 57.8 Å². The first-order valence-corrected chi connectivity index (χ1v) is 7.28. The molecule has 2 aromatic carbocycles. The summed E-state index contributed by atoms with van der Waals surface area (Å²) >= 11 is 0. The smallest absolute Gasteiger partial charge is 0.172 e. The van der Waals surface area contributed by atoms with Crippen molar-refractivity contribution >= 4 is 16.7 Å². The van der Waals surface area contributed by atoms with E-state index in [0.717, 1.165) is 21.7 Å². The Bertz CT molecular complexity index is 612. The summed E-state index contributed by atoms with van der Waals surface area (Å²) in [4.78, 5) is 0.733. The van der Waals surface area contributed by atoms with Crippen LogP contribution in [0.1, 0.15) is 23.6 Å². The fraction of sp³-hybridized carbons (Fsp3) is 0.188. The lowest BCUT2D eigenvalue weighted by atomic mass is 10.1. The molecule has 0 heterocycles. The highest BCUT2D eigenvalue weighted by atomic mass is 32.2. The zero-order chi connectivity index (χ0) is 13.8. The zero-order valence-electron chi connectivity index (χ0n) is 11.4. The molecule has 0 bridgehead atoms. The van der Waals surface area contributed by atoms with Crippen LogP contribution in [-0.4, -0.2) is 9.92 Å². The van der Waals surface area contributed by atoms with Crippen LogP contribution in [0.4, 0.5) is 0 Å². The Kier molecular flexibility index (Phi) is 4.27. The van der Waals surface area contributed by atoms with Crippen molar-refractivity contribution in [3.8, 4) is 0 Å². The highest BCUT2D eigenvalue weighted by Gasteiger charge is 2.04. The third-order valence-corrected chi connectivity index (χ3v) is 4.03. The van der Waals surface area contributed by atoms with Gasteiger partial charge in [0, 0.05) is 0 Å². The molecule has 2 aromatic rings. The molecule has 2 rings (SSSR count). The number of hydrogen-bond donors (Lipinski definition) is 0. The van der Waals surface area contributed by atoms with E-state index in [4.69, 9.17) is 0 Å². The minimum Gasteiger partial charge on any atom is -0.229 e. The molecule has 0 N–H and O–H groups in total. The molecule has 0 aliphatic heterocycles. The highest BCUT2D eigenvalue weighted by Crippen LogP contribution is 2.11. The first-order valence-electron chi connectivity index (χ1n) is 6.17. The summed E-state index contributed by atoms with van der Waals surface area (Å²) in [5, 5.41) is 0. The average Bonchev–Trinajstić information content (AvgIpc) is 2.40. The first-order chi connectivity index (χ1) is 9.06. The van der Waals surface area contributed by atoms with Gasteiger partial charge in [-0.2, -0.15) is 4.40 Å². The molecule has 0 aliphatic carbocycles. The molecule has 0 radical (unpaired) electrons. The van der Waals surface area contributed by atoms with Gasteiger partial charge in [0.05, 0.1) is 10.6 Å². The maximum atomic E-state index is 12.1. The molecule has 0 amide bonds. The fourth-order valence-corrected chi connectivity index (χ4v) is 2.51. The Morgan fingerprint density at radius 2 is 1.37 bits per heavy atom. The van der Waals surface area contributed by atoms with Crippen molar-refractivity contribution in [3.05, 3.63) is 65.2 Å². The van der Waals surface area contributed by atoms with Gasteiger partial charge < -0.3 is 0 Å². The van der Waals surface area contributed by atoms with Crippen LogP contribution in [0.25, 0.3) is 0 Å². The summed E-state index contributed by atoms with van der Waals surface area (Å²) in [6.07, 6.45) is 0. The number of nitrogens with zero attached hydrogens (tertiary/aromatic N) is 1. The second-order valence-electron chi connectivity index (χ2n) is 4.60. The van der Waals surface area contributed by atoms with Gasteiger partial charge in [0.1, 0.15) is 0 Å². The van der Waals surface area contributed by atoms with Crippen LogP contribution in [0.2, 0.25) is 0 Å². The van der Waals surface area contributed by atoms with E-state index in [-0.39, 0.29) is 0 Å². The summed E-state index contributed by atoms with van der Waals surface area (Å²) in [6, 6.07) is 15.7. The molecule has 0 aromatic heterocycles. The van der Waals surface area contributed by atoms with E-state index < -0.39 is 11.0 Å². The molecule has 1 atom stereocenters. The molecule has 0 aliphatic rings. The molecule has 19 heavy (non-hydrogen) atoms. The third-order valence-electron chi connectivity index (χ3n) is 2.91. The Morgan fingerprint density at radius 3 is 1.89 bits per heavy atom. The van der Waals surface area contributed by atoms with Gasteiger partial charge in [0.15, 0.2) is 11.0 Å². The topological polar surface area (TPSA) is 29.4 Å². The van der Waals surface area contributed by atoms with Crippen LogP contribution >= 0.6 is 0 Å². The minimum atomic E-state index is -1.34. The van der Waals surface area contributed by atoms with Gasteiger partial charge >= 0.3 is 0 Å². The second-order valence-corrected chi connectivity index (χ2v) is 5.76. The monoisotopic (exact) mass is 271 g/mol. The molecule has 0 spiro atoms. The van der Waals surface area contributed by atoms with E-state index in [1.165, 1.54) is 5.56 Å². The largest absolute Gasteiger partial charge is 0.229 e. The van der Waals surface area contributed by atoms with Crippen LogP contribution in [0, 0.1) is 13.8 Å². The Balaban J connectivity index is 2.22. The van der Waals surface area contributed by atoms with E-state index >= 15 is 0 Å². The lowest BCUT2D eigenvalue weighted by molar-refractivity contribution is 0.684. The summed E-state index contributed by atoms with van der Waals surface area (Å²) in [5.41, 5.74) is 4.15. The Hall–Kier alpha value is -1.74. The van der Waals surface area contributed by atoms with E-state index in [1.54, 1.807) is 0 Å². The van der Waals surface area contributed by atoms with Gasteiger partial charge in [-0.25, -0.2) is 4.21 Å². The highest BCUT2D eigenvalue weighted by molar-refractivity contribution is 7.83. The predicted octanol–water partition coefficient (Wildman–Crippen LogP) is 3.84. The number of hydrogen-bond acceptors (Lipinski definition) is 1. The van der Waals surface area contributed by atoms with E-state index in [0.29, 0.717) is 0 Å². The predicted molar refractivity (Wildman–Crippen MR) is 81.0 cm³/mol. The maximum absolute atomic E-state index is 12.1. The van der Waals surface area contributed by atoms with Crippen molar-refractivity contribution in [2.45, 2.75) is 25.7 Å². The SMILES string of the molecule is C/C(=N\[S@@](=O)c1ccc(C)cc1)c1ccc(C)cc1. The van der Waals surface area contributed by atoms with Gasteiger partial charge in [-0.15, -0.1) is 0 Å². The zero-order valence-corrected chi connectivity index (χ0v) is 12.2. The Labute approximate surface area is 116 Å². The van der Waals surface area contributed by atoms with Crippen molar-refractivity contribution in [1.82, 2.24) is 0 Å². The molecule has 0 saturated carbocycles. The number of benzene rings is 2. The summed E-state index contributed by atoms with van der Waals surface area (Å²) in [5.74, 6) is 0. The molecule has 2 nitrogen and oxygen atoms in total. The molecule has 0 saturated heterocycles. The van der Waals surface area contributed by atoms with Crippen LogP contribution in [0.3, 0.4) is 0 Å². The number of aryl methyl sites for hydroxylation is 2. The molecule has 3 heteroatoms.